The molecule has 8 heteroatoms. The summed E-state index contributed by atoms with van der Waals surface area (Å²) in [6, 6.07) is 3.13. The van der Waals surface area contributed by atoms with E-state index in [9.17, 15) is 9.59 Å². The summed E-state index contributed by atoms with van der Waals surface area (Å²) in [6.45, 7) is 9.13. The first-order valence-electron chi connectivity index (χ1n) is 9.21. The third kappa shape index (κ3) is 8.52. The second-order valence-corrected chi connectivity index (χ2v) is 7.21. The van der Waals surface area contributed by atoms with E-state index in [1.54, 1.807) is 6.07 Å². The van der Waals surface area contributed by atoms with Gasteiger partial charge in [0, 0.05) is 18.7 Å². The second-order valence-electron chi connectivity index (χ2n) is 7.21. The van der Waals surface area contributed by atoms with Gasteiger partial charge in [0.05, 0.1) is 12.3 Å². The molecule has 0 atom stereocenters. The van der Waals surface area contributed by atoms with Gasteiger partial charge in [-0.3, -0.25) is 4.79 Å². The average Bonchev–Trinajstić information content (AvgIpc) is 2.55. The Kier molecular flexibility index (Phi) is 8.71. The van der Waals surface area contributed by atoms with Gasteiger partial charge in [-0.05, 0) is 52.2 Å². The zero-order chi connectivity index (χ0) is 20.4. The van der Waals surface area contributed by atoms with Crippen LogP contribution in [0, 0.1) is 0 Å². The molecule has 0 aromatic heterocycles. The maximum atomic E-state index is 11.6. The second kappa shape index (κ2) is 10.5. The van der Waals surface area contributed by atoms with Crippen LogP contribution in [0.5, 0.6) is 5.75 Å². The molecule has 1 rings (SSSR count). The Morgan fingerprint density at radius 3 is 2.44 bits per heavy atom. The van der Waals surface area contributed by atoms with Gasteiger partial charge >= 0.3 is 6.09 Å². The normalized spacial score (nSPS) is 11.0. The molecule has 0 saturated carbocycles. The number of ether oxygens (including phenoxy) is 2. The van der Waals surface area contributed by atoms with Crippen molar-refractivity contribution in [2.24, 2.45) is 5.73 Å². The number of amides is 2. The lowest BCUT2D eigenvalue weighted by atomic mass is 10.1. The van der Waals surface area contributed by atoms with Gasteiger partial charge in [0.2, 0.25) is 5.91 Å². The minimum Gasteiger partial charge on any atom is -0.491 e. The lowest BCUT2D eigenvalue weighted by Gasteiger charge is -2.19. The first kappa shape index (κ1) is 22.4. The molecule has 0 spiro atoms. The number of nitrogen functional groups attached to an aromatic ring is 1. The fourth-order valence-electron chi connectivity index (χ4n) is 2.25. The van der Waals surface area contributed by atoms with Crippen molar-refractivity contribution in [1.29, 1.82) is 0 Å². The topological polar surface area (TPSA) is 129 Å². The number of unbranched alkanes of at least 4 members (excludes halogenated alkanes) is 1. The third-order valence-corrected chi connectivity index (χ3v) is 3.47. The fraction of sp³-hybridized carbons (Fsp3) is 0.579. The Labute approximate surface area is 161 Å². The Hall–Kier alpha value is -2.64. The largest absolute Gasteiger partial charge is 0.491 e. The van der Waals surface area contributed by atoms with E-state index < -0.39 is 17.6 Å². The van der Waals surface area contributed by atoms with E-state index in [0.29, 0.717) is 42.3 Å². The third-order valence-electron chi connectivity index (χ3n) is 3.47. The van der Waals surface area contributed by atoms with E-state index in [1.807, 2.05) is 27.7 Å². The van der Waals surface area contributed by atoms with E-state index >= 15 is 0 Å². The van der Waals surface area contributed by atoms with E-state index in [2.05, 4.69) is 10.6 Å². The van der Waals surface area contributed by atoms with Crippen molar-refractivity contribution >= 4 is 23.4 Å². The molecule has 0 saturated heterocycles. The van der Waals surface area contributed by atoms with E-state index in [-0.39, 0.29) is 0 Å². The number of carbonyl (C=O) groups excluding carboxylic acids is 2. The van der Waals surface area contributed by atoms with Gasteiger partial charge in [-0.1, -0.05) is 6.92 Å². The number of rotatable bonds is 10. The number of anilines is 2. The zero-order valence-corrected chi connectivity index (χ0v) is 16.7. The highest BCUT2D eigenvalue weighted by Gasteiger charge is 2.15. The molecule has 0 bridgehead atoms. The predicted molar refractivity (Wildman–Crippen MR) is 107 cm³/mol. The van der Waals surface area contributed by atoms with Crippen molar-refractivity contribution in [1.82, 2.24) is 5.32 Å². The van der Waals surface area contributed by atoms with Gasteiger partial charge in [0.1, 0.15) is 17.0 Å². The van der Waals surface area contributed by atoms with Crippen LogP contribution in [0.25, 0.3) is 0 Å². The summed E-state index contributed by atoms with van der Waals surface area (Å²) in [6.07, 6.45) is 1.93. The Morgan fingerprint density at radius 2 is 1.85 bits per heavy atom. The first-order valence-corrected chi connectivity index (χ1v) is 9.21. The van der Waals surface area contributed by atoms with Gasteiger partial charge in [-0.25, -0.2) is 4.79 Å². The molecule has 8 nitrogen and oxygen atoms in total. The number of primary amides is 1. The molecule has 0 unspecified atom stereocenters. The number of hydrogen-bond acceptors (Lipinski definition) is 6. The van der Waals surface area contributed by atoms with Crippen LogP contribution < -0.4 is 26.8 Å². The SMILES string of the molecule is CCCNc1c(N)cc(C(N)=O)cc1OCCCCNC(=O)OC(C)(C)C. The first-order chi connectivity index (χ1) is 12.6. The minimum atomic E-state index is -0.560. The number of benzene rings is 1. The molecule has 0 aliphatic heterocycles. The lowest BCUT2D eigenvalue weighted by molar-refractivity contribution is 0.0526. The summed E-state index contributed by atoms with van der Waals surface area (Å²) in [5.41, 5.74) is 12.2. The van der Waals surface area contributed by atoms with Crippen molar-refractivity contribution in [3.05, 3.63) is 17.7 Å². The molecule has 1 aromatic rings. The fourth-order valence-corrected chi connectivity index (χ4v) is 2.25. The summed E-state index contributed by atoms with van der Waals surface area (Å²) in [5, 5.41) is 5.91. The number of alkyl carbamates (subject to hydrolysis) is 1. The molecule has 0 aliphatic carbocycles. The highest BCUT2D eigenvalue weighted by molar-refractivity contribution is 5.96. The molecule has 152 valence electrons. The maximum absolute atomic E-state index is 11.6. The molecule has 0 heterocycles. The average molecular weight is 380 g/mol. The van der Waals surface area contributed by atoms with Crippen LogP contribution in [0.1, 0.15) is 57.3 Å². The molecule has 0 fully saturated rings. The van der Waals surface area contributed by atoms with Crippen molar-refractivity contribution in [3.8, 4) is 5.75 Å². The maximum Gasteiger partial charge on any atom is 0.407 e. The van der Waals surface area contributed by atoms with Crippen molar-refractivity contribution in [2.75, 3.05) is 30.7 Å². The molecule has 2 amide bonds. The Morgan fingerprint density at radius 1 is 1.15 bits per heavy atom. The van der Waals surface area contributed by atoms with Gasteiger partial charge < -0.3 is 31.6 Å². The number of nitrogens with two attached hydrogens (primary N) is 2. The predicted octanol–water partition coefficient (Wildman–Crippen LogP) is 2.87. The van der Waals surface area contributed by atoms with Gasteiger partial charge in [0.25, 0.3) is 0 Å². The molecular formula is C19H32N4O4. The standard InChI is InChI=1S/C19H32N4O4/c1-5-8-22-16-14(20)11-13(17(21)24)12-15(16)26-10-7-6-9-23-18(25)27-19(2,3)4/h11-12,22H,5-10,20H2,1-4H3,(H2,21,24)(H,23,25). The highest BCUT2D eigenvalue weighted by Crippen LogP contribution is 2.32. The van der Waals surface area contributed by atoms with Gasteiger partial charge in [-0.2, -0.15) is 0 Å². The van der Waals surface area contributed by atoms with Crippen LogP contribution in [-0.4, -0.2) is 37.3 Å². The minimum absolute atomic E-state index is 0.302. The number of hydrogen-bond donors (Lipinski definition) is 4. The Balaban J connectivity index is 2.53. The summed E-state index contributed by atoms with van der Waals surface area (Å²) >= 11 is 0. The molecule has 0 radical (unpaired) electrons. The van der Waals surface area contributed by atoms with Crippen LogP contribution in [0.2, 0.25) is 0 Å². The molecule has 0 aliphatic rings. The van der Waals surface area contributed by atoms with E-state index in [1.165, 1.54) is 6.07 Å². The van der Waals surface area contributed by atoms with Crippen LogP contribution in [0.3, 0.4) is 0 Å². The van der Waals surface area contributed by atoms with Crippen LogP contribution >= 0.6 is 0 Å². The quantitative estimate of drug-likeness (QED) is 0.365. The van der Waals surface area contributed by atoms with Crippen LogP contribution in [0.15, 0.2) is 12.1 Å². The van der Waals surface area contributed by atoms with Gasteiger partial charge in [-0.15, -0.1) is 0 Å². The highest BCUT2D eigenvalue weighted by atomic mass is 16.6. The van der Waals surface area contributed by atoms with Crippen molar-refractivity contribution in [3.63, 3.8) is 0 Å². The lowest BCUT2D eigenvalue weighted by Crippen LogP contribution is -2.33. The number of carbonyl (C=O) groups is 2. The summed E-state index contributed by atoms with van der Waals surface area (Å²) < 4.78 is 11.0. The number of nitrogens with one attached hydrogen (secondary N) is 2. The smallest absolute Gasteiger partial charge is 0.407 e. The summed E-state index contributed by atoms with van der Waals surface area (Å²) in [7, 11) is 0. The molecule has 27 heavy (non-hydrogen) atoms. The van der Waals surface area contributed by atoms with Crippen molar-refractivity contribution in [2.45, 2.75) is 52.6 Å². The Bertz CT molecular complexity index is 641. The molecular weight excluding hydrogens is 348 g/mol. The summed E-state index contributed by atoms with van der Waals surface area (Å²) in [5.74, 6) is -0.0625. The van der Waals surface area contributed by atoms with E-state index in [4.69, 9.17) is 20.9 Å². The molecule has 1 aromatic carbocycles. The monoisotopic (exact) mass is 380 g/mol. The van der Waals surface area contributed by atoms with Gasteiger partial charge in [0.15, 0.2) is 0 Å². The molecule has 6 N–H and O–H groups in total. The van der Waals surface area contributed by atoms with Crippen LogP contribution in [0.4, 0.5) is 16.2 Å². The zero-order valence-electron chi connectivity index (χ0n) is 16.7. The van der Waals surface area contributed by atoms with E-state index in [0.717, 1.165) is 19.4 Å². The summed E-state index contributed by atoms with van der Waals surface area (Å²) in [4.78, 5) is 23.0. The van der Waals surface area contributed by atoms with Crippen molar-refractivity contribution < 1.29 is 19.1 Å². The van der Waals surface area contributed by atoms with Crippen LogP contribution in [-0.2, 0) is 4.74 Å².